The van der Waals surface area contributed by atoms with E-state index in [-0.39, 0.29) is 23.5 Å². The molecule has 0 aliphatic heterocycles. The molecule has 4 nitrogen and oxygen atoms in total. The Bertz CT molecular complexity index is 400. The standard InChI is InChI=1S/C13H25NO3S/c1-12(2,3)18(16,17)9-6-11(15)10-13(14)7-4-5-8-13/h4-10,14H2,1-3H3. The molecule has 0 bridgehead atoms. The lowest BCUT2D eigenvalue weighted by Gasteiger charge is -2.23. The Kier molecular flexibility index (Phi) is 4.60. The van der Waals surface area contributed by atoms with Gasteiger partial charge in [-0.25, -0.2) is 8.42 Å². The number of ketones is 1. The summed E-state index contributed by atoms with van der Waals surface area (Å²) in [7, 11) is -3.21. The van der Waals surface area contributed by atoms with E-state index >= 15 is 0 Å². The third-order valence-corrected chi connectivity index (χ3v) is 6.34. The van der Waals surface area contributed by atoms with Crippen LogP contribution < -0.4 is 5.73 Å². The van der Waals surface area contributed by atoms with Gasteiger partial charge in [0.05, 0.1) is 10.5 Å². The van der Waals surface area contributed by atoms with Gasteiger partial charge in [-0.05, 0) is 33.6 Å². The molecule has 0 saturated heterocycles. The molecule has 2 N–H and O–H groups in total. The molecule has 106 valence electrons. The van der Waals surface area contributed by atoms with Crippen molar-refractivity contribution in [3.63, 3.8) is 0 Å². The quantitative estimate of drug-likeness (QED) is 0.830. The van der Waals surface area contributed by atoms with E-state index in [4.69, 9.17) is 5.73 Å². The van der Waals surface area contributed by atoms with Gasteiger partial charge in [0.25, 0.3) is 0 Å². The van der Waals surface area contributed by atoms with Crippen LogP contribution in [0.5, 0.6) is 0 Å². The van der Waals surface area contributed by atoms with Crippen molar-refractivity contribution < 1.29 is 13.2 Å². The first-order valence-electron chi connectivity index (χ1n) is 6.59. The van der Waals surface area contributed by atoms with Crippen molar-refractivity contribution in [2.75, 3.05) is 5.75 Å². The van der Waals surface area contributed by atoms with E-state index in [9.17, 15) is 13.2 Å². The normalized spacial score (nSPS) is 20.0. The van der Waals surface area contributed by atoms with Gasteiger partial charge in [-0.15, -0.1) is 0 Å². The van der Waals surface area contributed by atoms with Crippen LogP contribution in [-0.2, 0) is 14.6 Å². The molecule has 1 fully saturated rings. The van der Waals surface area contributed by atoms with Crippen LogP contribution in [0.2, 0.25) is 0 Å². The highest BCUT2D eigenvalue weighted by Crippen LogP contribution is 2.30. The summed E-state index contributed by atoms with van der Waals surface area (Å²) in [6.07, 6.45) is 4.33. The summed E-state index contributed by atoms with van der Waals surface area (Å²) >= 11 is 0. The first kappa shape index (κ1) is 15.6. The van der Waals surface area contributed by atoms with Gasteiger partial charge in [-0.1, -0.05) is 12.8 Å². The molecule has 0 spiro atoms. The summed E-state index contributed by atoms with van der Waals surface area (Å²) in [6.45, 7) is 4.98. The van der Waals surface area contributed by atoms with Crippen molar-refractivity contribution in [1.29, 1.82) is 0 Å². The van der Waals surface area contributed by atoms with Crippen LogP contribution in [-0.4, -0.2) is 30.2 Å². The van der Waals surface area contributed by atoms with Gasteiger partial charge >= 0.3 is 0 Å². The van der Waals surface area contributed by atoms with Crippen LogP contribution in [0.25, 0.3) is 0 Å². The molecule has 0 aromatic carbocycles. The van der Waals surface area contributed by atoms with Crippen molar-refractivity contribution in [3.05, 3.63) is 0 Å². The summed E-state index contributed by atoms with van der Waals surface area (Å²) in [4.78, 5) is 11.8. The minimum Gasteiger partial charge on any atom is -0.325 e. The summed E-state index contributed by atoms with van der Waals surface area (Å²) in [5.41, 5.74) is 5.74. The molecule has 0 heterocycles. The molecule has 1 aliphatic rings. The molecule has 1 aliphatic carbocycles. The lowest BCUT2D eigenvalue weighted by molar-refractivity contribution is -0.119. The number of sulfone groups is 1. The minimum atomic E-state index is -3.21. The van der Waals surface area contributed by atoms with Crippen LogP contribution in [0.3, 0.4) is 0 Å². The fraction of sp³-hybridized carbons (Fsp3) is 0.923. The van der Waals surface area contributed by atoms with Gasteiger partial charge in [-0.2, -0.15) is 0 Å². The second-order valence-corrected chi connectivity index (χ2v) is 9.33. The number of carbonyl (C=O) groups is 1. The molecule has 1 rings (SSSR count). The fourth-order valence-corrected chi connectivity index (χ4v) is 3.40. The average molecular weight is 275 g/mol. The summed E-state index contributed by atoms with van der Waals surface area (Å²) in [5, 5.41) is 0. The molecular weight excluding hydrogens is 250 g/mol. The molecule has 0 amide bonds. The van der Waals surface area contributed by atoms with E-state index in [0.29, 0.717) is 6.42 Å². The van der Waals surface area contributed by atoms with E-state index in [2.05, 4.69) is 0 Å². The number of rotatable bonds is 5. The summed E-state index contributed by atoms with van der Waals surface area (Å²) in [5.74, 6) is -0.0852. The predicted octanol–water partition coefficient (Wildman–Crippen LogP) is 1.82. The Morgan fingerprint density at radius 1 is 1.22 bits per heavy atom. The Morgan fingerprint density at radius 2 is 1.72 bits per heavy atom. The largest absolute Gasteiger partial charge is 0.325 e. The van der Waals surface area contributed by atoms with Crippen LogP contribution in [0, 0.1) is 0 Å². The summed E-state index contributed by atoms with van der Waals surface area (Å²) < 4.78 is 23.0. The molecule has 0 radical (unpaired) electrons. The second kappa shape index (κ2) is 5.29. The molecular formula is C13H25NO3S. The molecule has 1 saturated carbocycles. The zero-order valence-corrected chi connectivity index (χ0v) is 12.5. The number of nitrogens with two attached hydrogens (primary N) is 1. The number of hydrogen-bond donors (Lipinski definition) is 1. The number of hydrogen-bond acceptors (Lipinski definition) is 4. The van der Waals surface area contributed by atoms with Crippen LogP contribution >= 0.6 is 0 Å². The van der Waals surface area contributed by atoms with Crippen molar-refractivity contribution in [3.8, 4) is 0 Å². The van der Waals surface area contributed by atoms with Crippen molar-refractivity contribution >= 4 is 15.6 Å². The van der Waals surface area contributed by atoms with E-state index in [1.54, 1.807) is 20.8 Å². The van der Waals surface area contributed by atoms with Crippen LogP contribution in [0.4, 0.5) is 0 Å². The lowest BCUT2D eigenvalue weighted by Crippen LogP contribution is -2.39. The molecule has 0 aromatic heterocycles. The highest BCUT2D eigenvalue weighted by atomic mass is 32.2. The van der Waals surface area contributed by atoms with Crippen LogP contribution in [0.15, 0.2) is 0 Å². The van der Waals surface area contributed by atoms with Gasteiger partial charge in [0.1, 0.15) is 5.78 Å². The molecule has 0 unspecified atom stereocenters. The zero-order valence-electron chi connectivity index (χ0n) is 11.7. The fourth-order valence-electron chi connectivity index (χ4n) is 2.29. The SMILES string of the molecule is CC(C)(C)S(=O)(=O)CCC(=O)CC1(N)CCCC1. The topological polar surface area (TPSA) is 77.2 Å². The minimum absolute atomic E-state index is 0.0211. The number of carbonyl (C=O) groups excluding carboxylic acids is 1. The van der Waals surface area contributed by atoms with Crippen molar-refractivity contribution in [2.45, 2.75) is 69.6 Å². The third kappa shape index (κ3) is 4.05. The first-order chi connectivity index (χ1) is 8.06. The maximum Gasteiger partial charge on any atom is 0.155 e. The molecule has 18 heavy (non-hydrogen) atoms. The van der Waals surface area contributed by atoms with E-state index in [1.165, 1.54) is 0 Å². The van der Waals surface area contributed by atoms with Gasteiger partial charge in [0.2, 0.25) is 0 Å². The van der Waals surface area contributed by atoms with E-state index < -0.39 is 14.6 Å². The average Bonchev–Trinajstić information content (AvgIpc) is 2.60. The monoisotopic (exact) mass is 275 g/mol. The van der Waals surface area contributed by atoms with Gasteiger partial charge in [-0.3, -0.25) is 4.79 Å². The van der Waals surface area contributed by atoms with Gasteiger partial charge in [0.15, 0.2) is 9.84 Å². The van der Waals surface area contributed by atoms with Crippen LogP contribution in [0.1, 0.15) is 59.3 Å². The predicted molar refractivity (Wildman–Crippen MR) is 73.2 cm³/mol. The maximum atomic E-state index is 11.9. The Labute approximate surface area is 110 Å². The summed E-state index contributed by atoms with van der Waals surface area (Å²) in [6, 6.07) is 0. The smallest absolute Gasteiger partial charge is 0.155 e. The van der Waals surface area contributed by atoms with E-state index in [1.807, 2.05) is 0 Å². The molecule has 0 aromatic rings. The highest BCUT2D eigenvalue weighted by Gasteiger charge is 2.33. The number of Topliss-reactive ketones (excluding diaryl/α,β-unsaturated/α-hetero) is 1. The Morgan fingerprint density at radius 3 is 2.17 bits per heavy atom. The van der Waals surface area contributed by atoms with Crippen molar-refractivity contribution in [2.24, 2.45) is 5.73 Å². The first-order valence-corrected chi connectivity index (χ1v) is 8.24. The lowest BCUT2D eigenvalue weighted by atomic mass is 9.92. The van der Waals surface area contributed by atoms with E-state index in [0.717, 1.165) is 25.7 Å². The Hall–Kier alpha value is -0.420. The molecule has 5 heteroatoms. The zero-order chi connectivity index (χ0) is 14.0. The second-order valence-electron chi connectivity index (χ2n) is 6.47. The Balaban J connectivity index is 2.47. The van der Waals surface area contributed by atoms with Gasteiger partial charge < -0.3 is 5.73 Å². The van der Waals surface area contributed by atoms with Crippen molar-refractivity contribution in [1.82, 2.24) is 0 Å². The van der Waals surface area contributed by atoms with Gasteiger partial charge in [0, 0.05) is 18.4 Å². The maximum absolute atomic E-state index is 11.9. The highest BCUT2D eigenvalue weighted by molar-refractivity contribution is 7.92. The molecule has 0 atom stereocenters. The third-order valence-electron chi connectivity index (χ3n) is 3.73.